The highest BCUT2D eigenvalue weighted by Gasteiger charge is 2.14. The van der Waals surface area contributed by atoms with Gasteiger partial charge in [0, 0.05) is 43.6 Å². The van der Waals surface area contributed by atoms with Gasteiger partial charge in [-0.3, -0.25) is 0 Å². The average Bonchev–Trinajstić information content (AvgIpc) is 2.68. The lowest BCUT2D eigenvalue weighted by Crippen LogP contribution is -2.44. The van der Waals surface area contributed by atoms with Crippen molar-refractivity contribution in [2.45, 2.75) is 0 Å². The number of piperazine rings is 1. The van der Waals surface area contributed by atoms with Crippen molar-refractivity contribution in [3.63, 3.8) is 0 Å². The van der Waals surface area contributed by atoms with Crippen LogP contribution in [0.2, 0.25) is 0 Å². The predicted octanol–water partition coefficient (Wildman–Crippen LogP) is 2.92. The Hall–Kier alpha value is -2.87. The van der Waals surface area contributed by atoms with Crippen LogP contribution in [0.3, 0.4) is 0 Å². The summed E-state index contributed by atoms with van der Waals surface area (Å²) >= 11 is 0. The van der Waals surface area contributed by atoms with Gasteiger partial charge in [-0.2, -0.15) is 0 Å². The van der Waals surface area contributed by atoms with Gasteiger partial charge in [0.15, 0.2) is 11.6 Å². The highest BCUT2D eigenvalue weighted by Crippen LogP contribution is 2.19. The molecule has 2 amide bonds. The number of anilines is 2. The van der Waals surface area contributed by atoms with Crippen LogP contribution in [0.4, 0.5) is 25.0 Å². The zero-order valence-corrected chi connectivity index (χ0v) is 15.8. The Bertz CT molecular complexity index is 793. The summed E-state index contributed by atoms with van der Waals surface area (Å²) in [7, 11) is 2.12. The van der Waals surface area contributed by atoms with E-state index in [9.17, 15) is 13.6 Å². The Morgan fingerprint density at radius 3 is 2.46 bits per heavy atom. The van der Waals surface area contributed by atoms with E-state index in [-0.39, 0.29) is 24.9 Å². The van der Waals surface area contributed by atoms with Gasteiger partial charge in [0.2, 0.25) is 0 Å². The standard InChI is InChI=1S/C20H24F2N4O2/c1-25-9-11-26(12-10-25)17-5-3-16(4-6-17)24-20(27)23-8-13-28-19-7-2-15(21)14-18(19)22/h2-7,14H,8-13H2,1H3,(H2,23,24,27). The van der Waals surface area contributed by atoms with Crippen molar-refractivity contribution in [1.29, 1.82) is 0 Å². The lowest BCUT2D eigenvalue weighted by Gasteiger charge is -2.34. The zero-order valence-electron chi connectivity index (χ0n) is 15.8. The molecule has 1 heterocycles. The second-order valence-corrected chi connectivity index (χ2v) is 6.64. The van der Waals surface area contributed by atoms with Gasteiger partial charge in [0.25, 0.3) is 0 Å². The van der Waals surface area contributed by atoms with Crippen LogP contribution < -0.4 is 20.3 Å². The highest BCUT2D eigenvalue weighted by atomic mass is 19.1. The van der Waals surface area contributed by atoms with Crippen LogP contribution in [-0.2, 0) is 0 Å². The van der Waals surface area contributed by atoms with Gasteiger partial charge < -0.3 is 25.2 Å². The number of urea groups is 1. The van der Waals surface area contributed by atoms with Crippen molar-refractivity contribution in [3.8, 4) is 5.75 Å². The fourth-order valence-corrected chi connectivity index (χ4v) is 2.91. The molecule has 2 aromatic rings. The third kappa shape index (κ3) is 5.56. The maximum absolute atomic E-state index is 13.4. The molecule has 0 spiro atoms. The molecular formula is C20H24F2N4O2. The summed E-state index contributed by atoms with van der Waals surface area (Å²) in [5.41, 5.74) is 1.81. The third-order valence-electron chi connectivity index (χ3n) is 4.53. The van der Waals surface area contributed by atoms with E-state index in [0.29, 0.717) is 5.69 Å². The second-order valence-electron chi connectivity index (χ2n) is 6.64. The number of amides is 2. The summed E-state index contributed by atoms with van der Waals surface area (Å²) in [5.74, 6) is -1.49. The Balaban J connectivity index is 1.39. The summed E-state index contributed by atoms with van der Waals surface area (Å²) in [6.45, 7) is 4.29. The fraction of sp³-hybridized carbons (Fsp3) is 0.350. The van der Waals surface area contributed by atoms with E-state index in [2.05, 4.69) is 27.5 Å². The molecule has 0 atom stereocenters. The molecule has 8 heteroatoms. The first kappa shape index (κ1) is 19.9. The van der Waals surface area contributed by atoms with E-state index in [1.54, 1.807) is 0 Å². The quantitative estimate of drug-likeness (QED) is 0.745. The Labute approximate surface area is 163 Å². The molecule has 0 radical (unpaired) electrons. The number of hydrogen-bond acceptors (Lipinski definition) is 4. The van der Waals surface area contributed by atoms with Gasteiger partial charge in [-0.05, 0) is 43.4 Å². The van der Waals surface area contributed by atoms with Gasteiger partial charge in [-0.15, -0.1) is 0 Å². The summed E-state index contributed by atoms with van der Waals surface area (Å²) in [6, 6.07) is 10.4. The number of rotatable bonds is 6. The van der Waals surface area contributed by atoms with Crippen LogP contribution in [0.1, 0.15) is 0 Å². The number of carbonyl (C=O) groups is 1. The molecule has 28 heavy (non-hydrogen) atoms. The van der Waals surface area contributed by atoms with Crippen molar-refractivity contribution in [3.05, 3.63) is 54.1 Å². The first-order valence-electron chi connectivity index (χ1n) is 9.17. The van der Waals surface area contributed by atoms with E-state index in [0.717, 1.165) is 44.0 Å². The molecule has 0 bridgehead atoms. The molecule has 1 aliphatic heterocycles. The third-order valence-corrected chi connectivity index (χ3v) is 4.53. The first-order chi connectivity index (χ1) is 13.5. The molecule has 1 aliphatic rings. The van der Waals surface area contributed by atoms with Crippen LogP contribution in [0, 0.1) is 11.6 Å². The Morgan fingerprint density at radius 1 is 1.07 bits per heavy atom. The monoisotopic (exact) mass is 390 g/mol. The van der Waals surface area contributed by atoms with Crippen LogP contribution >= 0.6 is 0 Å². The molecule has 6 nitrogen and oxygen atoms in total. The van der Waals surface area contributed by atoms with Crippen LogP contribution in [-0.4, -0.2) is 57.3 Å². The van der Waals surface area contributed by atoms with Crippen LogP contribution in [0.25, 0.3) is 0 Å². The van der Waals surface area contributed by atoms with Gasteiger partial charge in [0.1, 0.15) is 12.4 Å². The van der Waals surface area contributed by atoms with Gasteiger partial charge in [-0.1, -0.05) is 0 Å². The summed E-state index contributed by atoms with van der Waals surface area (Å²) in [4.78, 5) is 16.6. The van der Waals surface area contributed by atoms with Crippen molar-refractivity contribution < 1.29 is 18.3 Å². The number of nitrogens with zero attached hydrogens (tertiary/aromatic N) is 2. The van der Waals surface area contributed by atoms with Crippen LogP contribution in [0.5, 0.6) is 5.75 Å². The average molecular weight is 390 g/mol. The Morgan fingerprint density at radius 2 is 1.79 bits per heavy atom. The van der Waals surface area contributed by atoms with Crippen molar-refractivity contribution in [1.82, 2.24) is 10.2 Å². The number of benzene rings is 2. The molecule has 0 unspecified atom stereocenters. The number of ether oxygens (including phenoxy) is 1. The van der Waals surface area contributed by atoms with E-state index < -0.39 is 11.6 Å². The van der Waals surface area contributed by atoms with Gasteiger partial charge >= 0.3 is 6.03 Å². The number of halogens is 2. The smallest absolute Gasteiger partial charge is 0.319 e. The van der Waals surface area contributed by atoms with Gasteiger partial charge in [-0.25, -0.2) is 13.6 Å². The second kappa shape index (κ2) is 9.36. The lowest BCUT2D eigenvalue weighted by atomic mass is 10.2. The first-order valence-corrected chi connectivity index (χ1v) is 9.17. The summed E-state index contributed by atoms with van der Waals surface area (Å²) in [5, 5.41) is 5.37. The maximum atomic E-state index is 13.4. The SMILES string of the molecule is CN1CCN(c2ccc(NC(=O)NCCOc3ccc(F)cc3F)cc2)CC1. The molecule has 0 saturated carbocycles. The number of hydrogen-bond donors (Lipinski definition) is 2. The van der Waals surface area contributed by atoms with Crippen molar-refractivity contribution >= 4 is 17.4 Å². The minimum atomic E-state index is -0.773. The van der Waals surface area contributed by atoms with E-state index >= 15 is 0 Å². The zero-order chi connectivity index (χ0) is 19.9. The minimum absolute atomic E-state index is 0.0527. The number of likely N-dealkylation sites (N-methyl/N-ethyl adjacent to an activating group) is 1. The van der Waals surface area contributed by atoms with Gasteiger partial charge in [0.05, 0.1) is 6.54 Å². The minimum Gasteiger partial charge on any atom is -0.489 e. The largest absolute Gasteiger partial charge is 0.489 e. The molecule has 1 saturated heterocycles. The number of nitrogens with one attached hydrogen (secondary N) is 2. The number of carbonyl (C=O) groups excluding carboxylic acids is 1. The molecule has 150 valence electrons. The van der Waals surface area contributed by atoms with Crippen molar-refractivity contribution in [2.75, 3.05) is 56.6 Å². The summed E-state index contributed by atoms with van der Waals surface area (Å²) < 4.78 is 31.5. The topological polar surface area (TPSA) is 56.8 Å². The lowest BCUT2D eigenvalue weighted by molar-refractivity contribution is 0.246. The van der Waals surface area contributed by atoms with Crippen LogP contribution in [0.15, 0.2) is 42.5 Å². The normalized spacial score (nSPS) is 14.6. The Kier molecular flexibility index (Phi) is 6.65. The molecule has 1 fully saturated rings. The van der Waals surface area contributed by atoms with E-state index in [4.69, 9.17) is 4.74 Å². The molecule has 2 aromatic carbocycles. The molecule has 0 aromatic heterocycles. The fourth-order valence-electron chi connectivity index (χ4n) is 2.91. The van der Waals surface area contributed by atoms with E-state index in [1.165, 1.54) is 6.07 Å². The highest BCUT2D eigenvalue weighted by molar-refractivity contribution is 5.89. The maximum Gasteiger partial charge on any atom is 0.319 e. The molecule has 3 rings (SSSR count). The molecule has 2 N–H and O–H groups in total. The molecular weight excluding hydrogens is 366 g/mol. The predicted molar refractivity (Wildman–Crippen MR) is 105 cm³/mol. The van der Waals surface area contributed by atoms with E-state index in [1.807, 2.05) is 24.3 Å². The summed E-state index contributed by atoms with van der Waals surface area (Å²) in [6.07, 6.45) is 0. The molecule has 0 aliphatic carbocycles. The van der Waals surface area contributed by atoms with Crippen molar-refractivity contribution in [2.24, 2.45) is 0 Å².